The summed E-state index contributed by atoms with van der Waals surface area (Å²) in [4.78, 5) is 16.1. The van der Waals surface area contributed by atoms with Crippen LogP contribution in [0.4, 0.5) is 0 Å². The topological polar surface area (TPSA) is 71.9 Å². The molecule has 6 heteroatoms. The minimum atomic E-state index is -0.410. The standard InChI is InChI=1S/C14H19N3O3/c1-3-20-11-6-4-10(5-7-11)12-13(18)17-14(16-12)15-8-9-19-2/h4-7,12H,3,8-9H2,1-2H3,(H2,15,16,17,18). The van der Waals surface area contributed by atoms with Gasteiger partial charge in [0.2, 0.25) is 0 Å². The molecule has 1 fully saturated rings. The van der Waals surface area contributed by atoms with Crippen molar-refractivity contribution in [2.45, 2.75) is 13.0 Å². The van der Waals surface area contributed by atoms with Gasteiger partial charge in [0.15, 0.2) is 5.96 Å². The van der Waals surface area contributed by atoms with Crippen LogP contribution in [0, 0.1) is 0 Å². The number of amides is 1. The van der Waals surface area contributed by atoms with Gasteiger partial charge in [-0.1, -0.05) is 12.1 Å². The lowest BCUT2D eigenvalue weighted by atomic mass is 10.1. The maximum absolute atomic E-state index is 11.9. The molecule has 1 aliphatic heterocycles. The molecule has 0 aliphatic carbocycles. The summed E-state index contributed by atoms with van der Waals surface area (Å²) >= 11 is 0. The van der Waals surface area contributed by atoms with Crippen LogP contribution in [0.25, 0.3) is 0 Å². The number of rotatable bonds is 6. The van der Waals surface area contributed by atoms with E-state index in [1.54, 1.807) is 7.11 Å². The molecule has 0 radical (unpaired) electrons. The molecule has 1 aromatic rings. The molecule has 1 aromatic carbocycles. The van der Waals surface area contributed by atoms with Gasteiger partial charge in [-0.05, 0) is 24.6 Å². The molecular weight excluding hydrogens is 258 g/mol. The molecule has 0 spiro atoms. The van der Waals surface area contributed by atoms with Gasteiger partial charge in [-0.2, -0.15) is 0 Å². The zero-order valence-electron chi connectivity index (χ0n) is 11.7. The number of nitrogens with one attached hydrogen (secondary N) is 2. The molecule has 1 atom stereocenters. The first-order valence-electron chi connectivity index (χ1n) is 6.58. The lowest BCUT2D eigenvalue weighted by Crippen LogP contribution is -2.26. The van der Waals surface area contributed by atoms with E-state index < -0.39 is 6.04 Å². The van der Waals surface area contributed by atoms with Crippen LogP contribution >= 0.6 is 0 Å². The van der Waals surface area contributed by atoms with E-state index in [4.69, 9.17) is 9.47 Å². The van der Waals surface area contributed by atoms with Gasteiger partial charge in [0.1, 0.15) is 11.8 Å². The Hall–Kier alpha value is -2.08. The highest BCUT2D eigenvalue weighted by molar-refractivity contribution is 6.06. The van der Waals surface area contributed by atoms with Gasteiger partial charge >= 0.3 is 0 Å². The van der Waals surface area contributed by atoms with Crippen molar-refractivity contribution in [2.75, 3.05) is 26.9 Å². The largest absolute Gasteiger partial charge is 0.494 e. The van der Waals surface area contributed by atoms with Crippen LogP contribution in [0.5, 0.6) is 5.75 Å². The first-order valence-corrected chi connectivity index (χ1v) is 6.58. The summed E-state index contributed by atoms with van der Waals surface area (Å²) in [5.74, 6) is 1.18. The normalized spacial score (nSPS) is 19.8. The van der Waals surface area contributed by atoms with Crippen LogP contribution in [-0.4, -0.2) is 38.7 Å². The molecule has 1 amide bonds. The summed E-state index contributed by atoms with van der Waals surface area (Å²) in [7, 11) is 1.61. The maximum atomic E-state index is 11.9. The summed E-state index contributed by atoms with van der Waals surface area (Å²) in [5.41, 5.74) is 0.878. The Bertz CT molecular complexity index is 485. The van der Waals surface area contributed by atoms with Crippen LogP contribution in [0.3, 0.4) is 0 Å². The third kappa shape index (κ3) is 3.48. The van der Waals surface area contributed by atoms with Gasteiger partial charge in [-0.3, -0.25) is 15.1 Å². The van der Waals surface area contributed by atoms with Crippen molar-refractivity contribution in [3.8, 4) is 5.75 Å². The summed E-state index contributed by atoms with van der Waals surface area (Å²) in [6, 6.07) is 7.05. The van der Waals surface area contributed by atoms with Gasteiger partial charge in [0, 0.05) is 7.11 Å². The number of carbonyl (C=O) groups is 1. The number of hydrogen-bond acceptors (Lipinski definition) is 4. The number of aliphatic imine (C=N–C) groups is 1. The second-order valence-corrected chi connectivity index (χ2v) is 4.29. The molecule has 108 valence electrons. The average molecular weight is 277 g/mol. The molecule has 1 unspecified atom stereocenters. The smallest absolute Gasteiger partial charge is 0.253 e. The van der Waals surface area contributed by atoms with E-state index in [1.165, 1.54) is 0 Å². The highest BCUT2D eigenvalue weighted by atomic mass is 16.5. The number of ether oxygens (including phenoxy) is 2. The van der Waals surface area contributed by atoms with Crippen molar-refractivity contribution < 1.29 is 14.3 Å². The van der Waals surface area contributed by atoms with E-state index in [2.05, 4.69) is 15.6 Å². The summed E-state index contributed by atoms with van der Waals surface area (Å²) < 4.78 is 10.3. The Balaban J connectivity index is 2.02. The van der Waals surface area contributed by atoms with E-state index >= 15 is 0 Å². The second-order valence-electron chi connectivity index (χ2n) is 4.29. The fourth-order valence-electron chi connectivity index (χ4n) is 1.92. The second kappa shape index (κ2) is 6.91. The number of nitrogens with zero attached hydrogens (tertiary/aromatic N) is 1. The molecule has 2 rings (SSSR count). The first-order chi connectivity index (χ1) is 9.74. The van der Waals surface area contributed by atoms with Crippen LogP contribution in [0.2, 0.25) is 0 Å². The fraction of sp³-hybridized carbons (Fsp3) is 0.429. The van der Waals surface area contributed by atoms with E-state index in [0.717, 1.165) is 11.3 Å². The van der Waals surface area contributed by atoms with Crippen molar-refractivity contribution in [1.82, 2.24) is 10.6 Å². The maximum Gasteiger partial charge on any atom is 0.253 e. The molecule has 0 bridgehead atoms. The van der Waals surface area contributed by atoms with Crippen LogP contribution in [0.15, 0.2) is 29.3 Å². The van der Waals surface area contributed by atoms with E-state index in [1.807, 2.05) is 31.2 Å². The molecule has 1 aliphatic rings. The highest BCUT2D eigenvalue weighted by Gasteiger charge is 2.29. The molecule has 6 nitrogen and oxygen atoms in total. The van der Waals surface area contributed by atoms with Gasteiger partial charge in [-0.25, -0.2) is 0 Å². The summed E-state index contributed by atoms with van der Waals surface area (Å²) in [5, 5.41) is 5.77. The Labute approximate surface area is 118 Å². The Morgan fingerprint density at radius 2 is 2.05 bits per heavy atom. The van der Waals surface area contributed by atoms with E-state index in [0.29, 0.717) is 25.7 Å². The monoisotopic (exact) mass is 277 g/mol. The SMILES string of the molecule is CCOc1ccc(C2NC(=NCCOC)NC2=O)cc1. The summed E-state index contributed by atoms with van der Waals surface area (Å²) in [6.45, 7) is 3.59. The number of carbonyl (C=O) groups excluding carboxylic acids is 1. The van der Waals surface area contributed by atoms with Crippen molar-refractivity contribution in [2.24, 2.45) is 4.99 Å². The van der Waals surface area contributed by atoms with Crippen LogP contribution < -0.4 is 15.4 Å². The van der Waals surface area contributed by atoms with Gasteiger partial charge in [-0.15, -0.1) is 0 Å². The lowest BCUT2D eigenvalue weighted by molar-refractivity contribution is -0.120. The third-order valence-electron chi connectivity index (χ3n) is 2.87. The predicted octanol–water partition coefficient (Wildman–Crippen LogP) is 0.848. The average Bonchev–Trinajstić information content (AvgIpc) is 2.82. The molecule has 20 heavy (non-hydrogen) atoms. The molecule has 0 aromatic heterocycles. The van der Waals surface area contributed by atoms with Crippen LogP contribution in [-0.2, 0) is 9.53 Å². The zero-order valence-corrected chi connectivity index (χ0v) is 11.7. The van der Waals surface area contributed by atoms with Crippen LogP contribution in [0.1, 0.15) is 18.5 Å². The lowest BCUT2D eigenvalue weighted by Gasteiger charge is -2.09. The minimum Gasteiger partial charge on any atom is -0.494 e. The number of benzene rings is 1. The van der Waals surface area contributed by atoms with E-state index in [-0.39, 0.29) is 5.91 Å². The van der Waals surface area contributed by atoms with Crippen molar-refractivity contribution in [1.29, 1.82) is 0 Å². The Morgan fingerprint density at radius 3 is 2.70 bits per heavy atom. The van der Waals surface area contributed by atoms with Gasteiger partial charge in [0.25, 0.3) is 5.91 Å². The van der Waals surface area contributed by atoms with Crippen molar-refractivity contribution in [3.05, 3.63) is 29.8 Å². The Kier molecular flexibility index (Phi) is 4.95. The van der Waals surface area contributed by atoms with Crippen molar-refractivity contribution >= 4 is 11.9 Å². The number of guanidine groups is 1. The summed E-state index contributed by atoms with van der Waals surface area (Å²) in [6.07, 6.45) is 0. The molecule has 2 N–H and O–H groups in total. The minimum absolute atomic E-state index is 0.106. The van der Waals surface area contributed by atoms with Crippen molar-refractivity contribution in [3.63, 3.8) is 0 Å². The Morgan fingerprint density at radius 1 is 1.30 bits per heavy atom. The first kappa shape index (κ1) is 14.3. The van der Waals surface area contributed by atoms with Gasteiger partial charge < -0.3 is 14.8 Å². The van der Waals surface area contributed by atoms with Gasteiger partial charge in [0.05, 0.1) is 19.8 Å². The molecule has 1 heterocycles. The fourth-order valence-corrected chi connectivity index (χ4v) is 1.92. The number of hydrogen-bond donors (Lipinski definition) is 2. The van der Waals surface area contributed by atoms with E-state index in [9.17, 15) is 4.79 Å². The molecule has 0 saturated carbocycles. The number of methoxy groups -OCH3 is 1. The molecular formula is C14H19N3O3. The quantitative estimate of drug-likeness (QED) is 0.756. The predicted molar refractivity (Wildman–Crippen MR) is 75.8 cm³/mol. The highest BCUT2D eigenvalue weighted by Crippen LogP contribution is 2.20. The molecule has 1 saturated heterocycles. The zero-order chi connectivity index (χ0) is 14.4. The third-order valence-corrected chi connectivity index (χ3v) is 2.87.